The van der Waals surface area contributed by atoms with E-state index in [9.17, 15) is 13.2 Å². The standard InChI is InChI=1S/C19H32N2O4S/c1-5-6-11-25-19-13-16(4)20-18(21-19)14-17(22)10-8-7-9-12-26(23,24)15(2)3/h13,15H,5-12,14H2,1-4H3. The Bertz CT molecular complexity index is 672. The molecule has 148 valence electrons. The average Bonchev–Trinajstić information content (AvgIpc) is 2.54. The predicted molar refractivity (Wildman–Crippen MR) is 103 cm³/mol. The molecule has 0 amide bonds. The van der Waals surface area contributed by atoms with E-state index in [0.717, 1.165) is 25.0 Å². The summed E-state index contributed by atoms with van der Waals surface area (Å²) in [7, 11) is -2.99. The molecular formula is C19H32N2O4S. The van der Waals surface area contributed by atoms with Gasteiger partial charge < -0.3 is 4.74 Å². The van der Waals surface area contributed by atoms with Gasteiger partial charge in [-0.1, -0.05) is 19.8 Å². The average molecular weight is 385 g/mol. The summed E-state index contributed by atoms with van der Waals surface area (Å²) in [6.45, 7) is 7.95. The molecule has 0 radical (unpaired) electrons. The number of carbonyl (C=O) groups is 1. The second kappa shape index (κ2) is 11.3. The number of ether oxygens (including phenoxy) is 1. The van der Waals surface area contributed by atoms with Gasteiger partial charge in [0.1, 0.15) is 11.6 Å². The van der Waals surface area contributed by atoms with Gasteiger partial charge in [0.05, 0.1) is 24.0 Å². The van der Waals surface area contributed by atoms with Crippen LogP contribution in [0.3, 0.4) is 0 Å². The highest BCUT2D eigenvalue weighted by atomic mass is 32.2. The molecule has 1 heterocycles. The first-order chi connectivity index (χ1) is 12.2. The Labute approximate surface area is 157 Å². The number of sulfone groups is 1. The summed E-state index contributed by atoms with van der Waals surface area (Å²) in [6.07, 6.45) is 4.65. The largest absolute Gasteiger partial charge is 0.478 e. The van der Waals surface area contributed by atoms with Crippen LogP contribution in [-0.2, 0) is 21.1 Å². The number of ketones is 1. The van der Waals surface area contributed by atoms with Crippen molar-refractivity contribution in [1.29, 1.82) is 0 Å². The smallest absolute Gasteiger partial charge is 0.216 e. The third-order valence-corrected chi connectivity index (χ3v) is 6.38. The van der Waals surface area contributed by atoms with Crippen molar-refractivity contribution >= 4 is 15.6 Å². The molecule has 0 N–H and O–H groups in total. The maximum atomic E-state index is 12.1. The number of hydrogen-bond acceptors (Lipinski definition) is 6. The van der Waals surface area contributed by atoms with Crippen LogP contribution < -0.4 is 4.74 Å². The summed E-state index contributed by atoms with van der Waals surface area (Å²) in [4.78, 5) is 20.7. The van der Waals surface area contributed by atoms with Crippen molar-refractivity contribution in [2.45, 2.75) is 77.9 Å². The second-order valence-electron chi connectivity index (χ2n) is 6.91. The number of rotatable bonds is 13. The van der Waals surface area contributed by atoms with Crippen molar-refractivity contribution in [2.75, 3.05) is 12.4 Å². The third kappa shape index (κ3) is 8.74. The Morgan fingerprint density at radius 3 is 2.54 bits per heavy atom. The van der Waals surface area contributed by atoms with Crippen molar-refractivity contribution < 1.29 is 17.9 Å². The molecule has 0 aliphatic carbocycles. The molecule has 1 aromatic rings. The summed E-state index contributed by atoms with van der Waals surface area (Å²) >= 11 is 0. The number of aryl methyl sites for hydroxylation is 1. The zero-order valence-electron chi connectivity index (χ0n) is 16.5. The minimum absolute atomic E-state index is 0.0711. The molecule has 0 unspecified atom stereocenters. The molecule has 0 aromatic carbocycles. The van der Waals surface area contributed by atoms with E-state index in [4.69, 9.17) is 4.74 Å². The van der Waals surface area contributed by atoms with Crippen molar-refractivity contribution in [3.8, 4) is 5.88 Å². The lowest BCUT2D eigenvalue weighted by Gasteiger charge is -2.08. The first-order valence-corrected chi connectivity index (χ1v) is 11.2. The van der Waals surface area contributed by atoms with Crippen LogP contribution in [-0.4, -0.2) is 41.8 Å². The van der Waals surface area contributed by atoms with Gasteiger partial charge >= 0.3 is 0 Å². The molecule has 0 aliphatic rings. The molecule has 0 aliphatic heterocycles. The van der Waals surface area contributed by atoms with E-state index in [1.165, 1.54) is 0 Å². The highest BCUT2D eigenvalue weighted by molar-refractivity contribution is 7.91. The fourth-order valence-corrected chi connectivity index (χ4v) is 3.45. The fourth-order valence-electron chi connectivity index (χ4n) is 2.38. The Morgan fingerprint density at radius 2 is 1.88 bits per heavy atom. The van der Waals surface area contributed by atoms with Crippen molar-refractivity contribution in [2.24, 2.45) is 0 Å². The van der Waals surface area contributed by atoms with E-state index in [1.54, 1.807) is 19.9 Å². The van der Waals surface area contributed by atoms with Gasteiger partial charge in [-0.25, -0.2) is 13.4 Å². The lowest BCUT2D eigenvalue weighted by molar-refractivity contribution is -0.118. The SMILES string of the molecule is CCCCOc1cc(C)nc(CC(=O)CCCCCS(=O)(=O)C(C)C)n1. The first kappa shape index (κ1) is 22.5. The van der Waals surface area contributed by atoms with Gasteiger partial charge in [-0.15, -0.1) is 0 Å². The van der Waals surface area contributed by atoms with Crippen LogP contribution in [0.15, 0.2) is 6.07 Å². The summed E-state index contributed by atoms with van der Waals surface area (Å²) in [5, 5.41) is -0.337. The van der Waals surface area contributed by atoms with Gasteiger partial charge in [-0.3, -0.25) is 4.79 Å². The molecule has 1 rings (SSSR count). The Kier molecular flexibility index (Phi) is 9.76. The Balaban J connectivity index is 2.38. The monoisotopic (exact) mass is 384 g/mol. The van der Waals surface area contributed by atoms with Crippen LogP contribution in [0.4, 0.5) is 0 Å². The van der Waals surface area contributed by atoms with Crippen molar-refractivity contribution in [3.63, 3.8) is 0 Å². The van der Waals surface area contributed by atoms with Gasteiger partial charge in [-0.05, 0) is 40.0 Å². The first-order valence-electron chi connectivity index (χ1n) is 9.45. The molecule has 26 heavy (non-hydrogen) atoms. The van der Waals surface area contributed by atoms with Crippen molar-refractivity contribution in [1.82, 2.24) is 9.97 Å². The fraction of sp³-hybridized carbons (Fsp3) is 0.737. The molecule has 0 saturated carbocycles. The van der Waals surface area contributed by atoms with Crippen LogP contribution in [0, 0.1) is 6.92 Å². The van der Waals surface area contributed by atoms with Gasteiger partial charge in [0, 0.05) is 18.2 Å². The van der Waals surface area contributed by atoms with E-state index < -0.39 is 9.84 Å². The quantitative estimate of drug-likeness (QED) is 0.484. The van der Waals surface area contributed by atoms with E-state index in [1.807, 2.05) is 6.92 Å². The maximum Gasteiger partial charge on any atom is 0.216 e. The molecule has 0 saturated heterocycles. The van der Waals surface area contributed by atoms with E-state index in [0.29, 0.717) is 37.6 Å². The summed E-state index contributed by atoms with van der Waals surface area (Å²) in [5.41, 5.74) is 0.785. The molecule has 7 heteroatoms. The van der Waals surface area contributed by atoms with E-state index in [-0.39, 0.29) is 23.2 Å². The summed E-state index contributed by atoms with van der Waals surface area (Å²) in [6, 6.07) is 1.78. The molecule has 0 bridgehead atoms. The molecule has 6 nitrogen and oxygen atoms in total. The zero-order valence-corrected chi connectivity index (χ0v) is 17.3. The molecule has 1 aromatic heterocycles. The number of Topliss-reactive ketones (excluding diaryl/α,β-unsaturated/α-hetero) is 1. The van der Waals surface area contributed by atoms with E-state index in [2.05, 4.69) is 16.9 Å². The van der Waals surface area contributed by atoms with Gasteiger partial charge in [-0.2, -0.15) is 4.98 Å². The van der Waals surface area contributed by atoms with Crippen molar-refractivity contribution in [3.05, 3.63) is 17.6 Å². The second-order valence-corrected chi connectivity index (χ2v) is 9.58. The van der Waals surface area contributed by atoms with Crippen LogP contribution in [0.5, 0.6) is 5.88 Å². The van der Waals surface area contributed by atoms with Crippen LogP contribution in [0.2, 0.25) is 0 Å². The number of aromatic nitrogens is 2. The minimum Gasteiger partial charge on any atom is -0.478 e. The summed E-state index contributed by atoms with van der Waals surface area (Å²) in [5.74, 6) is 1.27. The van der Waals surface area contributed by atoms with Gasteiger partial charge in [0.15, 0.2) is 9.84 Å². The lowest BCUT2D eigenvalue weighted by atomic mass is 10.1. The summed E-state index contributed by atoms with van der Waals surface area (Å²) < 4.78 is 29.1. The zero-order chi connectivity index (χ0) is 19.6. The number of carbonyl (C=O) groups excluding carboxylic acids is 1. The topological polar surface area (TPSA) is 86.2 Å². The van der Waals surface area contributed by atoms with Crippen LogP contribution >= 0.6 is 0 Å². The van der Waals surface area contributed by atoms with Crippen LogP contribution in [0.1, 0.15) is 70.8 Å². The van der Waals surface area contributed by atoms with E-state index >= 15 is 0 Å². The normalized spacial score (nSPS) is 11.7. The third-order valence-electron chi connectivity index (χ3n) is 4.08. The highest BCUT2D eigenvalue weighted by Crippen LogP contribution is 2.12. The Morgan fingerprint density at radius 1 is 1.15 bits per heavy atom. The number of nitrogens with zero attached hydrogens (tertiary/aromatic N) is 2. The molecular weight excluding hydrogens is 352 g/mol. The highest BCUT2D eigenvalue weighted by Gasteiger charge is 2.15. The molecule has 0 spiro atoms. The maximum absolute atomic E-state index is 12.1. The number of unbranched alkanes of at least 4 members (excludes halogenated alkanes) is 3. The van der Waals surface area contributed by atoms with Gasteiger partial charge in [0.25, 0.3) is 0 Å². The van der Waals surface area contributed by atoms with Crippen LogP contribution in [0.25, 0.3) is 0 Å². The molecule has 0 atom stereocenters. The minimum atomic E-state index is -2.99. The predicted octanol–water partition coefficient (Wildman–Crippen LogP) is 3.46. The lowest BCUT2D eigenvalue weighted by Crippen LogP contribution is -2.17. The molecule has 0 fully saturated rings. The number of hydrogen-bond donors (Lipinski definition) is 0. The van der Waals surface area contributed by atoms with Gasteiger partial charge in [0.2, 0.25) is 5.88 Å². The Hall–Kier alpha value is -1.50.